The molecular weight excluding hydrogens is 452 g/mol. The first-order valence-corrected chi connectivity index (χ1v) is 10.9. The van der Waals surface area contributed by atoms with Crippen LogP contribution in [0.1, 0.15) is 41.6 Å². The van der Waals surface area contributed by atoms with E-state index >= 15 is 0 Å². The van der Waals surface area contributed by atoms with Crippen LogP contribution in [0.3, 0.4) is 0 Å². The second-order valence-electron chi connectivity index (χ2n) is 8.38. The van der Waals surface area contributed by atoms with E-state index in [1.165, 1.54) is 26.2 Å². The first-order chi connectivity index (χ1) is 16.6. The molecule has 1 unspecified atom stereocenters. The number of ether oxygens (including phenoxy) is 2. The summed E-state index contributed by atoms with van der Waals surface area (Å²) in [6, 6.07) is 9.93. The van der Waals surface area contributed by atoms with E-state index in [0.29, 0.717) is 22.7 Å². The second-order valence-corrected chi connectivity index (χ2v) is 8.38. The van der Waals surface area contributed by atoms with E-state index in [4.69, 9.17) is 9.47 Å². The van der Waals surface area contributed by atoms with Crippen LogP contribution in [0, 0.1) is 13.8 Å². The number of benzene rings is 2. The largest absolute Gasteiger partial charge is 0.497 e. The van der Waals surface area contributed by atoms with Gasteiger partial charge in [0, 0.05) is 18.9 Å². The van der Waals surface area contributed by atoms with Crippen LogP contribution in [0.2, 0.25) is 0 Å². The fraction of sp³-hybridized carbons (Fsp3) is 0.280. The summed E-state index contributed by atoms with van der Waals surface area (Å²) in [6.45, 7) is 5.08. The van der Waals surface area contributed by atoms with E-state index in [0.717, 1.165) is 15.7 Å². The third-order valence-corrected chi connectivity index (χ3v) is 5.87. The number of carbonyl (C=O) groups is 1. The summed E-state index contributed by atoms with van der Waals surface area (Å²) < 4.78 is 11.8. The maximum Gasteiger partial charge on any atom is 0.335 e. The molecule has 2 heterocycles. The number of H-pyrrole nitrogens is 1. The van der Waals surface area contributed by atoms with E-state index in [2.05, 4.69) is 10.1 Å². The fourth-order valence-corrected chi connectivity index (χ4v) is 4.40. The minimum absolute atomic E-state index is 0.102. The normalized spacial score (nSPS) is 15.2. The molecule has 0 aliphatic carbocycles. The zero-order chi connectivity index (χ0) is 25.4. The Morgan fingerprint density at radius 3 is 2.37 bits per heavy atom. The maximum absolute atomic E-state index is 12.9. The minimum atomic E-state index is -0.798. The van der Waals surface area contributed by atoms with E-state index in [9.17, 15) is 19.5 Å². The SMILES string of the molecule is COc1ccc(OC)c(C2CC(c3c(O)n(-c4cc(C)cc(C)c4)c(=O)[nH]c3=O)=NN2C(C)=O)c1. The predicted molar refractivity (Wildman–Crippen MR) is 130 cm³/mol. The van der Waals surface area contributed by atoms with Crippen molar-refractivity contribution in [3.63, 3.8) is 0 Å². The van der Waals surface area contributed by atoms with Gasteiger partial charge >= 0.3 is 5.69 Å². The van der Waals surface area contributed by atoms with Crippen molar-refractivity contribution in [3.05, 3.63) is 79.5 Å². The number of methoxy groups -OCH3 is 2. The van der Waals surface area contributed by atoms with Crippen LogP contribution in [0.4, 0.5) is 0 Å². The number of hydrogen-bond acceptors (Lipinski definition) is 7. The molecule has 182 valence electrons. The summed E-state index contributed by atoms with van der Waals surface area (Å²) in [5.41, 5.74) is 1.18. The summed E-state index contributed by atoms with van der Waals surface area (Å²) in [5.74, 6) is 0.149. The Labute approximate surface area is 201 Å². The molecule has 2 N–H and O–H groups in total. The van der Waals surface area contributed by atoms with E-state index in [1.807, 2.05) is 19.9 Å². The van der Waals surface area contributed by atoms with Crippen molar-refractivity contribution in [2.24, 2.45) is 5.10 Å². The topological polar surface area (TPSA) is 126 Å². The molecule has 2 aromatic carbocycles. The maximum atomic E-state index is 12.9. The molecule has 10 heteroatoms. The molecule has 0 bridgehead atoms. The van der Waals surface area contributed by atoms with Crippen molar-refractivity contribution in [2.75, 3.05) is 14.2 Å². The Morgan fingerprint density at radius 1 is 1.09 bits per heavy atom. The number of hydrogen-bond donors (Lipinski definition) is 2. The van der Waals surface area contributed by atoms with Crippen LogP contribution < -0.4 is 20.7 Å². The average molecular weight is 479 g/mol. The smallest absolute Gasteiger partial charge is 0.335 e. The van der Waals surface area contributed by atoms with Gasteiger partial charge in [0.2, 0.25) is 11.8 Å². The van der Waals surface area contributed by atoms with Crippen LogP contribution in [0.5, 0.6) is 17.4 Å². The fourth-order valence-electron chi connectivity index (χ4n) is 4.40. The van der Waals surface area contributed by atoms with Crippen molar-refractivity contribution in [1.29, 1.82) is 0 Å². The molecule has 1 amide bonds. The van der Waals surface area contributed by atoms with E-state index in [-0.39, 0.29) is 23.6 Å². The van der Waals surface area contributed by atoms with Gasteiger partial charge in [-0.15, -0.1) is 0 Å². The van der Waals surface area contributed by atoms with Crippen LogP contribution in [-0.2, 0) is 4.79 Å². The molecule has 4 rings (SSSR count). The van der Waals surface area contributed by atoms with Crippen molar-refractivity contribution < 1.29 is 19.4 Å². The molecule has 1 aliphatic rings. The number of aromatic hydroxyl groups is 1. The third-order valence-electron chi connectivity index (χ3n) is 5.87. The number of aryl methyl sites for hydroxylation is 2. The molecule has 1 atom stereocenters. The number of amides is 1. The quantitative estimate of drug-likeness (QED) is 0.580. The lowest BCUT2D eigenvalue weighted by molar-refractivity contribution is -0.130. The van der Waals surface area contributed by atoms with Gasteiger partial charge in [-0.25, -0.2) is 14.4 Å². The van der Waals surface area contributed by atoms with Gasteiger partial charge in [0.15, 0.2) is 0 Å². The lowest BCUT2D eigenvalue weighted by Gasteiger charge is -2.22. The molecule has 0 saturated heterocycles. The number of carbonyl (C=O) groups excluding carboxylic acids is 1. The molecule has 1 aromatic heterocycles. The van der Waals surface area contributed by atoms with Crippen molar-refractivity contribution in [1.82, 2.24) is 14.6 Å². The zero-order valence-electron chi connectivity index (χ0n) is 20.1. The summed E-state index contributed by atoms with van der Waals surface area (Å²) in [6.07, 6.45) is 0.102. The minimum Gasteiger partial charge on any atom is -0.497 e. The first-order valence-electron chi connectivity index (χ1n) is 10.9. The summed E-state index contributed by atoms with van der Waals surface area (Å²) in [4.78, 5) is 40.3. The lowest BCUT2D eigenvalue weighted by Crippen LogP contribution is -2.33. The highest BCUT2D eigenvalue weighted by Crippen LogP contribution is 2.39. The molecule has 1 aliphatic heterocycles. The summed E-state index contributed by atoms with van der Waals surface area (Å²) in [5, 5.41) is 16.7. The Kier molecular flexibility index (Phi) is 6.21. The monoisotopic (exact) mass is 478 g/mol. The van der Waals surface area contributed by atoms with Gasteiger partial charge in [0.25, 0.3) is 5.56 Å². The van der Waals surface area contributed by atoms with E-state index < -0.39 is 23.2 Å². The first kappa shape index (κ1) is 23.8. The lowest BCUT2D eigenvalue weighted by atomic mass is 9.98. The van der Waals surface area contributed by atoms with Crippen molar-refractivity contribution in [3.8, 4) is 23.1 Å². The molecule has 0 fully saturated rings. The van der Waals surface area contributed by atoms with Gasteiger partial charge < -0.3 is 14.6 Å². The van der Waals surface area contributed by atoms with Crippen LogP contribution >= 0.6 is 0 Å². The van der Waals surface area contributed by atoms with Crippen molar-refractivity contribution in [2.45, 2.75) is 33.2 Å². The number of nitrogens with one attached hydrogen (secondary N) is 1. The molecule has 10 nitrogen and oxygen atoms in total. The Bertz CT molecular complexity index is 1450. The second kappa shape index (κ2) is 9.13. The number of rotatable bonds is 5. The van der Waals surface area contributed by atoms with Crippen LogP contribution in [0.15, 0.2) is 51.1 Å². The van der Waals surface area contributed by atoms with E-state index in [1.54, 1.807) is 30.3 Å². The van der Waals surface area contributed by atoms with Crippen molar-refractivity contribution >= 4 is 11.6 Å². The molecular formula is C25H26N4O6. The summed E-state index contributed by atoms with van der Waals surface area (Å²) in [7, 11) is 3.04. The number of aromatic nitrogens is 2. The summed E-state index contributed by atoms with van der Waals surface area (Å²) >= 11 is 0. The average Bonchev–Trinajstić information content (AvgIpc) is 3.22. The third kappa shape index (κ3) is 4.30. The number of hydrazone groups is 1. The molecule has 3 aromatic rings. The molecule has 0 radical (unpaired) electrons. The van der Waals surface area contributed by atoms with Gasteiger partial charge in [0.1, 0.15) is 17.1 Å². The standard InChI is InChI=1S/C25H26N4O6/c1-13-8-14(2)10-16(9-13)28-24(32)22(23(31)26-25(28)33)19-12-20(29(27-19)15(3)30)18-11-17(34-4)6-7-21(18)35-5/h6-11,20,32H,12H2,1-5H3,(H,26,31,33). The Balaban J connectivity index is 1.87. The highest BCUT2D eigenvalue weighted by Gasteiger charge is 2.36. The zero-order valence-corrected chi connectivity index (χ0v) is 20.1. The molecule has 0 saturated carbocycles. The van der Waals surface area contributed by atoms with Gasteiger partial charge in [0.05, 0.1) is 31.7 Å². The van der Waals surface area contributed by atoms with Crippen LogP contribution in [-0.4, -0.2) is 45.5 Å². The van der Waals surface area contributed by atoms with Crippen LogP contribution in [0.25, 0.3) is 5.69 Å². The van der Waals surface area contributed by atoms with Gasteiger partial charge in [-0.2, -0.15) is 5.10 Å². The number of nitrogens with zero attached hydrogens (tertiary/aromatic N) is 3. The molecule has 35 heavy (non-hydrogen) atoms. The van der Waals surface area contributed by atoms with Gasteiger partial charge in [-0.1, -0.05) is 6.07 Å². The predicted octanol–water partition coefficient (Wildman–Crippen LogP) is 2.56. The molecule has 0 spiro atoms. The highest BCUT2D eigenvalue weighted by atomic mass is 16.5. The Morgan fingerprint density at radius 2 is 1.77 bits per heavy atom. The highest BCUT2D eigenvalue weighted by molar-refractivity contribution is 6.04. The Hall–Kier alpha value is -4.34. The van der Waals surface area contributed by atoms with Gasteiger partial charge in [-0.3, -0.25) is 14.6 Å². The van der Waals surface area contributed by atoms with Gasteiger partial charge in [-0.05, 0) is 55.3 Å². The number of aromatic amines is 1.